The van der Waals surface area contributed by atoms with Crippen LogP contribution in [0.25, 0.3) is 0 Å². The fourth-order valence-electron chi connectivity index (χ4n) is 2.21. The highest BCUT2D eigenvalue weighted by Gasteiger charge is 2.23. The van der Waals surface area contributed by atoms with Crippen molar-refractivity contribution in [3.63, 3.8) is 0 Å². The van der Waals surface area contributed by atoms with Gasteiger partial charge >= 0.3 is 0 Å². The molecule has 16 heavy (non-hydrogen) atoms. The van der Waals surface area contributed by atoms with E-state index < -0.39 is 0 Å². The quantitative estimate of drug-likeness (QED) is 0.576. The number of hydrogen-bond donors (Lipinski definition) is 1. The van der Waals surface area contributed by atoms with Crippen LogP contribution in [0.4, 0.5) is 0 Å². The van der Waals surface area contributed by atoms with Gasteiger partial charge < -0.3 is 10.2 Å². The maximum atomic E-state index is 3.31. The molecule has 1 rings (SSSR count). The summed E-state index contributed by atoms with van der Waals surface area (Å²) in [5, 5.41) is 3.31. The predicted molar refractivity (Wildman–Crippen MR) is 71.8 cm³/mol. The third kappa shape index (κ3) is 6.49. The zero-order chi connectivity index (χ0) is 11.8. The van der Waals surface area contributed by atoms with E-state index in [0.29, 0.717) is 6.04 Å². The molecule has 1 aliphatic rings. The second kappa shape index (κ2) is 8.08. The zero-order valence-electron chi connectivity index (χ0n) is 11.5. The van der Waals surface area contributed by atoms with Crippen LogP contribution in [-0.4, -0.2) is 37.6 Å². The van der Waals surface area contributed by atoms with Gasteiger partial charge in [-0.1, -0.05) is 13.3 Å². The van der Waals surface area contributed by atoms with E-state index in [-0.39, 0.29) is 0 Å². The summed E-state index contributed by atoms with van der Waals surface area (Å²) in [4.78, 5) is 2.68. The largest absolute Gasteiger partial charge is 0.317 e. The minimum Gasteiger partial charge on any atom is -0.317 e. The summed E-state index contributed by atoms with van der Waals surface area (Å²) in [5.74, 6) is 1.04. The molecule has 0 bridgehead atoms. The lowest BCUT2D eigenvalue weighted by Gasteiger charge is -2.21. The summed E-state index contributed by atoms with van der Waals surface area (Å²) >= 11 is 0. The van der Waals surface area contributed by atoms with Gasteiger partial charge in [0, 0.05) is 12.6 Å². The van der Waals surface area contributed by atoms with Gasteiger partial charge in [0.2, 0.25) is 0 Å². The van der Waals surface area contributed by atoms with Crippen LogP contribution in [0, 0.1) is 5.92 Å². The third-order valence-electron chi connectivity index (χ3n) is 3.61. The fourth-order valence-corrected chi connectivity index (χ4v) is 2.21. The van der Waals surface area contributed by atoms with Crippen molar-refractivity contribution in [2.75, 3.05) is 26.7 Å². The molecule has 1 fully saturated rings. The first-order valence-electron chi connectivity index (χ1n) is 7.15. The molecular weight excluding hydrogens is 196 g/mol. The molecule has 1 atom stereocenters. The molecule has 1 aliphatic carbocycles. The van der Waals surface area contributed by atoms with Gasteiger partial charge in [-0.05, 0) is 65.1 Å². The number of hydrogen-bond acceptors (Lipinski definition) is 2. The highest BCUT2D eigenvalue weighted by Crippen LogP contribution is 2.29. The summed E-state index contributed by atoms with van der Waals surface area (Å²) in [6.07, 6.45) is 8.33. The number of unbranched alkanes of at least 4 members (excludes halogenated alkanes) is 1. The normalized spacial score (nSPS) is 18.0. The Bertz CT molecular complexity index is 166. The first kappa shape index (κ1) is 14.0. The summed E-state index contributed by atoms with van der Waals surface area (Å²) in [7, 11) is 2.06. The Morgan fingerprint density at radius 3 is 2.56 bits per heavy atom. The van der Waals surface area contributed by atoms with E-state index in [1.807, 2.05) is 0 Å². The molecule has 0 radical (unpaired) electrons. The van der Waals surface area contributed by atoms with E-state index in [2.05, 4.69) is 31.1 Å². The molecule has 1 unspecified atom stereocenters. The first-order chi connectivity index (χ1) is 7.76. The molecule has 0 heterocycles. The second-order valence-corrected chi connectivity index (χ2v) is 5.43. The molecule has 0 aliphatic heterocycles. The molecule has 0 saturated heterocycles. The monoisotopic (exact) mass is 226 g/mol. The van der Waals surface area contributed by atoms with Crippen LogP contribution < -0.4 is 5.32 Å². The maximum absolute atomic E-state index is 3.31. The van der Waals surface area contributed by atoms with E-state index in [9.17, 15) is 0 Å². The maximum Gasteiger partial charge on any atom is 0.00357 e. The molecule has 0 aromatic heterocycles. The average Bonchev–Trinajstić information content (AvgIpc) is 3.08. The van der Waals surface area contributed by atoms with Gasteiger partial charge in [0.1, 0.15) is 0 Å². The highest BCUT2D eigenvalue weighted by molar-refractivity contribution is 4.77. The van der Waals surface area contributed by atoms with Crippen LogP contribution in [0.2, 0.25) is 0 Å². The Balaban J connectivity index is 2.01. The molecule has 0 amide bonds. The highest BCUT2D eigenvalue weighted by atomic mass is 15.1. The number of rotatable bonds is 10. The van der Waals surface area contributed by atoms with E-state index >= 15 is 0 Å². The number of nitrogens with zero attached hydrogens (tertiary/aromatic N) is 1. The Morgan fingerprint density at radius 1 is 1.25 bits per heavy atom. The van der Waals surface area contributed by atoms with Crippen LogP contribution in [0.3, 0.4) is 0 Å². The van der Waals surface area contributed by atoms with Gasteiger partial charge in [-0.25, -0.2) is 0 Å². The lowest BCUT2D eigenvalue weighted by Crippen LogP contribution is -2.28. The van der Waals surface area contributed by atoms with Crippen molar-refractivity contribution in [3.05, 3.63) is 0 Å². The summed E-state index contributed by atoms with van der Waals surface area (Å²) in [5.41, 5.74) is 0. The minimum absolute atomic E-state index is 0.683. The lowest BCUT2D eigenvalue weighted by molar-refractivity contribution is 0.256. The summed E-state index contributed by atoms with van der Waals surface area (Å²) in [6, 6.07) is 0.683. The molecule has 0 aromatic rings. The van der Waals surface area contributed by atoms with E-state index in [1.165, 1.54) is 58.2 Å². The Labute approximate surface area is 102 Å². The molecular formula is C14H30N2. The SMILES string of the molecule is CCCN(CCCCC(C)NC)CC1CC1. The van der Waals surface area contributed by atoms with Crippen molar-refractivity contribution in [2.45, 2.75) is 58.4 Å². The molecule has 0 aromatic carbocycles. The van der Waals surface area contributed by atoms with Gasteiger partial charge in [0.05, 0.1) is 0 Å². The molecule has 96 valence electrons. The smallest absolute Gasteiger partial charge is 0.00357 e. The van der Waals surface area contributed by atoms with Crippen molar-refractivity contribution < 1.29 is 0 Å². The van der Waals surface area contributed by atoms with Crippen LogP contribution >= 0.6 is 0 Å². The van der Waals surface area contributed by atoms with E-state index in [4.69, 9.17) is 0 Å². The standard InChI is InChI=1S/C14H30N2/c1-4-10-16(12-14-8-9-14)11-6-5-7-13(2)15-3/h13-15H,4-12H2,1-3H3. The fraction of sp³-hybridized carbons (Fsp3) is 1.00. The zero-order valence-corrected chi connectivity index (χ0v) is 11.5. The third-order valence-corrected chi connectivity index (χ3v) is 3.61. The van der Waals surface area contributed by atoms with Crippen molar-refractivity contribution in [2.24, 2.45) is 5.92 Å². The number of nitrogens with one attached hydrogen (secondary N) is 1. The minimum atomic E-state index is 0.683. The molecule has 2 heteroatoms. The topological polar surface area (TPSA) is 15.3 Å². The average molecular weight is 226 g/mol. The Kier molecular flexibility index (Phi) is 7.06. The summed E-state index contributed by atoms with van der Waals surface area (Å²) < 4.78 is 0. The van der Waals surface area contributed by atoms with Crippen LogP contribution in [0.15, 0.2) is 0 Å². The Morgan fingerprint density at radius 2 is 2.00 bits per heavy atom. The predicted octanol–water partition coefficient (Wildman–Crippen LogP) is 2.89. The van der Waals surface area contributed by atoms with Crippen molar-refractivity contribution in [3.8, 4) is 0 Å². The van der Waals surface area contributed by atoms with E-state index in [0.717, 1.165) is 5.92 Å². The van der Waals surface area contributed by atoms with Crippen LogP contribution in [0.5, 0.6) is 0 Å². The van der Waals surface area contributed by atoms with Gasteiger partial charge in [0.15, 0.2) is 0 Å². The first-order valence-corrected chi connectivity index (χ1v) is 7.15. The van der Waals surface area contributed by atoms with Crippen molar-refractivity contribution in [1.82, 2.24) is 10.2 Å². The van der Waals surface area contributed by atoms with E-state index in [1.54, 1.807) is 0 Å². The molecule has 1 N–H and O–H groups in total. The van der Waals surface area contributed by atoms with Crippen LogP contribution in [0.1, 0.15) is 52.4 Å². The van der Waals surface area contributed by atoms with Gasteiger partial charge in [-0.3, -0.25) is 0 Å². The molecule has 0 spiro atoms. The lowest BCUT2D eigenvalue weighted by atomic mass is 10.1. The van der Waals surface area contributed by atoms with Crippen LogP contribution in [-0.2, 0) is 0 Å². The van der Waals surface area contributed by atoms with Crippen molar-refractivity contribution in [1.29, 1.82) is 0 Å². The van der Waals surface area contributed by atoms with Crippen molar-refractivity contribution >= 4 is 0 Å². The second-order valence-electron chi connectivity index (χ2n) is 5.43. The van der Waals surface area contributed by atoms with Gasteiger partial charge in [-0.2, -0.15) is 0 Å². The summed E-state index contributed by atoms with van der Waals surface area (Å²) in [6.45, 7) is 8.56. The molecule has 2 nitrogen and oxygen atoms in total. The molecule has 1 saturated carbocycles. The van der Waals surface area contributed by atoms with Gasteiger partial charge in [0.25, 0.3) is 0 Å². The van der Waals surface area contributed by atoms with Gasteiger partial charge in [-0.15, -0.1) is 0 Å². The Hall–Kier alpha value is -0.0800.